The Labute approximate surface area is 95.4 Å². The molecule has 5 nitrogen and oxygen atoms in total. The Morgan fingerprint density at radius 2 is 2.20 bits per heavy atom. The number of amidine groups is 1. The van der Waals surface area contributed by atoms with Gasteiger partial charge >= 0.3 is 0 Å². The van der Waals surface area contributed by atoms with E-state index in [2.05, 4.69) is 15.3 Å². The summed E-state index contributed by atoms with van der Waals surface area (Å²) in [6, 6.07) is 0. The van der Waals surface area contributed by atoms with Crippen LogP contribution in [0.25, 0.3) is 0 Å². The second kappa shape index (κ2) is 4.37. The predicted octanol–water partition coefficient (Wildman–Crippen LogP) is 0.903. The van der Waals surface area contributed by atoms with Crippen LogP contribution >= 0.6 is 11.6 Å². The second-order valence-electron chi connectivity index (χ2n) is 4.35. The topological polar surface area (TPSA) is 66.0 Å². The molecule has 0 aliphatic carbocycles. The lowest BCUT2D eigenvalue weighted by atomic mass is 10.1. The van der Waals surface area contributed by atoms with Gasteiger partial charge in [0.25, 0.3) is 0 Å². The minimum absolute atomic E-state index is 0.177. The molecule has 0 fully saturated rings. The molecule has 0 aromatic heterocycles. The monoisotopic (exact) mass is 231 g/mol. The van der Waals surface area contributed by atoms with Crippen molar-refractivity contribution in [2.45, 2.75) is 39.5 Å². The van der Waals surface area contributed by atoms with Gasteiger partial charge in [-0.3, -0.25) is 5.73 Å². The van der Waals surface area contributed by atoms with Crippen molar-refractivity contribution in [1.29, 1.82) is 0 Å². The minimum atomic E-state index is -0.454. The predicted molar refractivity (Wildman–Crippen MR) is 64.0 cm³/mol. The molecular weight excluding hydrogens is 214 g/mol. The van der Waals surface area contributed by atoms with E-state index in [9.17, 15) is 0 Å². The molecule has 1 rings (SSSR count). The molecule has 0 spiro atoms. The number of hydrogen-bond acceptors (Lipinski definition) is 3. The number of halogens is 1. The van der Waals surface area contributed by atoms with E-state index in [0.29, 0.717) is 5.96 Å². The van der Waals surface area contributed by atoms with Crippen LogP contribution in [0.1, 0.15) is 27.7 Å². The van der Waals surface area contributed by atoms with Crippen LogP contribution < -0.4 is 11.1 Å². The van der Waals surface area contributed by atoms with Gasteiger partial charge in [0.1, 0.15) is 0 Å². The Kier molecular flexibility index (Phi) is 3.57. The summed E-state index contributed by atoms with van der Waals surface area (Å²) >= 11 is 5.81. The minimum Gasteiger partial charge on any atom is -0.308 e. The average Bonchev–Trinajstić information content (AvgIpc) is 1.99. The highest BCUT2D eigenvalue weighted by Crippen LogP contribution is 2.11. The highest BCUT2D eigenvalue weighted by Gasteiger charge is 2.24. The van der Waals surface area contributed by atoms with Gasteiger partial charge in [0.15, 0.2) is 6.29 Å². The SMILES string of the molecule is CCN1C(=NC(C)(C)C)NC(Cl)=NC1N. The first-order valence-corrected chi connectivity index (χ1v) is 5.33. The van der Waals surface area contributed by atoms with Gasteiger partial charge in [0.2, 0.25) is 11.3 Å². The fourth-order valence-electron chi connectivity index (χ4n) is 1.25. The molecule has 15 heavy (non-hydrogen) atoms. The molecule has 1 aliphatic heterocycles. The molecular formula is C9H18ClN5. The third-order valence-corrected chi connectivity index (χ3v) is 2.03. The van der Waals surface area contributed by atoms with Crippen molar-refractivity contribution in [2.24, 2.45) is 15.7 Å². The molecule has 6 heteroatoms. The molecule has 1 aliphatic rings. The van der Waals surface area contributed by atoms with Gasteiger partial charge in [-0.25, -0.2) is 9.98 Å². The van der Waals surface area contributed by atoms with Gasteiger partial charge in [0, 0.05) is 6.54 Å². The summed E-state index contributed by atoms with van der Waals surface area (Å²) in [6.07, 6.45) is -0.454. The van der Waals surface area contributed by atoms with Crippen molar-refractivity contribution < 1.29 is 0 Å². The van der Waals surface area contributed by atoms with Crippen molar-refractivity contribution in [3.63, 3.8) is 0 Å². The Hall–Kier alpha value is -0.810. The molecule has 0 bridgehead atoms. The zero-order valence-electron chi connectivity index (χ0n) is 9.58. The molecule has 0 saturated heterocycles. The van der Waals surface area contributed by atoms with E-state index in [1.165, 1.54) is 0 Å². The van der Waals surface area contributed by atoms with Gasteiger partial charge in [-0.2, -0.15) is 0 Å². The number of nitrogens with one attached hydrogen (secondary N) is 1. The highest BCUT2D eigenvalue weighted by molar-refractivity contribution is 6.66. The molecule has 0 aromatic rings. The van der Waals surface area contributed by atoms with Crippen molar-refractivity contribution in [3.05, 3.63) is 0 Å². The van der Waals surface area contributed by atoms with Crippen molar-refractivity contribution >= 4 is 22.9 Å². The van der Waals surface area contributed by atoms with Gasteiger partial charge < -0.3 is 10.2 Å². The highest BCUT2D eigenvalue weighted by atomic mass is 35.5. The Morgan fingerprint density at radius 3 is 2.67 bits per heavy atom. The van der Waals surface area contributed by atoms with E-state index in [1.807, 2.05) is 32.6 Å². The number of aliphatic imine (C=N–C) groups is 2. The van der Waals surface area contributed by atoms with Crippen molar-refractivity contribution in [2.75, 3.05) is 6.54 Å². The maximum absolute atomic E-state index is 5.82. The largest absolute Gasteiger partial charge is 0.308 e. The smallest absolute Gasteiger partial charge is 0.203 e. The van der Waals surface area contributed by atoms with Crippen LogP contribution in [0.5, 0.6) is 0 Å². The molecule has 0 aromatic carbocycles. The van der Waals surface area contributed by atoms with Crippen LogP contribution in [0.15, 0.2) is 9.98 Å². The summed E-state index contributed by atoms with van der Waals surface area (Å²) in [4.78, 5) is 10.4. The van der Waals surface area contributed by atoms with E-state index >= 15 is 0 Å². The quantitative estimate of drug-likeness (QED) is 0.659. The van der Waals surface area contributed by atoms with Crippen LogP contribution in [-0.2, 0) is 0 Å². The summed E-state index contributed by atoms with van der Waals surface area (Å²) in [5.74, 6) is 0.678. The average molecular weight is 232 g/mol. The van der Waals surface area contributed by atoms with Crippen LogP contribution in [0, 0.1) is 0 Å². The number of nitrogens with zero attached hydrogens (tertiary/aromatic N) is 3. The molecule has 0 amide bonds. The lowest BCUT2D eigenvalue weighted by Crippen LogP contribution is -2.56. The molecule has 86 valence electrons. The standard InChI is InChI=1S/C9H18ClN5/c1-5-15-7(11)12-6(10)13-8(15)14-9(2,3)4/h7H,5,11H2,1-4H3,(H,12,13,14). The molecule has 3 N–H and O–H groups in total. The molecule has 1 unspecified atom stereocenters. The molecule has 1 atom stereocenters. The molecule has 0 radical (unpaired) electrons. The normalized spacial score (nSPS) is 25.2. The van der Waals surface area contributed by atoms with Crippen LogP contribution in [-0.4, -0.2) is 34.5 Å². The molecule has 1 heterocycles. The van der Waals surface area contributed by atoms with E-state index in [0.717, 1.165) is 6.54 Å². The molecule has 0 saturated carbocycles. The number of hydrogen-bond donors (Lipinski definition) is 2. The summed E-state index contributed by atoms with van der Waals surface area (Å²) < 4.78 is 0. The van der Waals surface area contributed by atoms with Gasteiger partial charge in [0.05, 0.1) is 5.54 Å². The Morgan fingerprint density at radius 1 is 1.60 bits per heavy atom. The van der Waals surface area contributed by atoms with Gasteiger partial charge in [-0.1, -0.05) is 0 Å². The summed E-state index contributed by atoms with van der Waals surface area (Å²) in [5, 5.41) is 3.20. The maximum atomic E-state index is 5.82. The third-order valence-electron chi connectivity index (χ3n) is 1.83. The third kappa shape index (κ3) is 3.35. The lowest BCUT2D eigenvalue weighted by Gasteiger charge is -2.33. The lowest BCUT2D eigenvalue weighted by molar-refractivity contribution is 0.321. The van der Waals surface area contributed by atoms with E-state index in [-0.39, 0.29) is 10.8 Å². The summed E-state index contributed by atoms with van der Waals surface area (Å²) in [6.45, 7) is 8.77. The van der Waals surface area contributed by atoms with Crippen molar-refractivity contribution in [1.82, 2.24) is 10.2 Å². The first kappa shape index (κ1) is 12.3. The number of guanidine groups is 1. The van der Waals surface area contributed by atoms with Crippen LogP contribution in [0.4, 0.5) is 0 Å². The van der Waals surface area contributed by atoms with Crippen LogP contribution in [0.3, 0.4) is 0 Å². The summed E-state index contributed by atoms with van der Waals surface area (Å²) in [5.41, 5.74) is 5.65. The van der Waals surface area contributed by atoms with Crippen LogP contribution in [0.2, 0.25) is 0 Å². The zero-order chi connectivity index (χ0) is 11.6. The zero-order valence-corrected chi connectivity index (χ0v) is 10.3. The number of rotatable bonds is 1. The van der Waals surface area contributed by atoms with Gasteiger partial charge in [-0.15, -0.1) is 0 Å². The fourth-order valence-corrected chi connectivity index (χ4v) is 1.44. The number of nitrogens with two attached hydrogens (primary N) is 1. The Balaban J connectivity index is 2.97. The second-order valence-corrected chi connectivity index (χ2v) is 4.71. The van der Waals surface area contributed by atoms with E-state index < -0.39 is 6.29 Å². The summed E-state index contributed by atoms with van der Waals surface area (Å²) in [7, 11) is 0. The first-order chi connectivity index (χ1) is 6.83. The fraction of sp³-hybridized carbons (Fsp3) is 0.778. The first-order valence-electron chi connectivity index (χ1n) is 4.96. The van der Waals surface area contributed by atoms with E-state index in [4.69, 9.17) is 17.3 Å². The van der Waals surface area contributed by atoms with Crippen molar-refractivity contribution in [3.8, 4) is 0 Å². The maximum Gasteiger partial charge on any atom is 0.203 e. The van der Waals surface area contributed by atoms with Gasteiger partial charge in [-0.05, 0) is 39.3 Å². The Bertz CT molecular complexity index is 291. The van der Waals surface area contributed by atoms with E-state index in [1.54, 1.807) is 0 Å².